The Morgan fingerprint density at radius 2 is 1.71 bits per heavy atom. The summed E-state index contributed by atoms with van der Waals surface area (Å²) < 4.78 is 1.49. The number of carbonyl (C=O) groups is 2. The molecule has 0 aliphatic carbocycles. The number of non-ortho nitro benzene ring substituents is 1. The highest BCUT2D eigenvalue weighted by Crippen LogP contribution is 2.16. The third kappa shape index (κ3) is 4.58. The maximum atomic E-state index is 12.6. The number of hydrogen-bond donors (Lipinski definition) is 1. The van der Waals surface area contributed by atoms with Crippen LogP contribution in [0.4, 0.5) is 5.69 Å². The molecular weight excluding hydrogens is 400 g/mol. The summed E-state index contributed by atoms with van der Waals surface area (Å²) >= 11 is 0. The molecular formula is C21H20N6O4. The van der Waals surface area contributed by atoms with E-state index >= 15 is 0 Å². The lowest BCUT2D eigenvalue weighted by Gasteiger charge is -2.32. The SMILES string of the molecule is O=C(NC1CCN(C(=O)c2ccncc2)CC1)c1ccn(-c2ccc([N+](=O)[O-])cc2)n1. The molecule has 0 bridgehead atoms. The van der Waals surface area contributed by atoms with E-state index in [1.54, 1.807) is 53.8 Å². The van der Waals surface area contributed by atoms with Crippen LogP contribution in [-0.4, -0.2) is 55.5 Å². The third-order valence-electron chi connectivity index (χ3n) is 5.19. The summed E-state index contributed by atoms with van der Waals surface area (Å²) in [6.07, 6.45) is 6.13. The number of nitrogens with zero attached hydrogens (tertiary/aromatic N) is 5. The topological polar surface area (TPSA) is 123 Å². The Balaban J connectivity index is 1.32. The molecule has 0 radical (unpaired) electrons. The number of amides is 2. The number of carbonyl (C=O) groups excluding carboxylic acids is 2. The number of nitro benzene ring substituents is 1. The molecule has 1 saturated heterocycles. The van der Waals surface area contributed by atoms with E-state index in [1.807, 2.05) is 0 Å². The molecule has 158 valence electrons. The lowest BCUT2D eigenvalue weighted by atomic mass is 10.0. The van der Waals surface area contributed by atoms with E-state index in [-0.39, 0.29) is 29.2 Å². The first-order valence-corrected chi connectivity index (χ1v) is 9.82. The summed E-state index contributed by atoms with van der Waals surface area (Å²) in [6.45, 7) is 1.12. The molecule has 4 rings (SSSR count). The second-order valence-electron chi connectivity index (χ2n) is 7.19. The Hall–Kier alpha value is -4.08. The van der Waals surface area contributed by atoms with Crippen LogP contribution in [-0.2, 0) is 0 Å². The molecule has 1 N–H and O–H groups in total. The first-order valence-electron chi connectivity index (χ1n) is 9.82. The molecule has 0 unspecified atom stereocenters. The highest BCUT2D eigenvalue weighted by molar-refractivity contribution is 5.94. The van der Waals surface area contributed by atoms with Crippen molar-refractivity contribution in [1.29, 1.82) is 0 Å². The maximum Gasteiger partial charge on any atom is 0.272 e. The Kier molecular flexibility index (Phi) is 5.69. The normalized spacial score (nSPS) is 14.3. The van der Waals surface area contributed by atoms with Gasteiger partial charge in [-0.15, -0.1) is 0 Å². The monoisotopic (exact) mass is 420 g/mol. The minimum absolute atomic E-state index is 0.0115. The number of piperidine rings is 1. The zero-order valence-electron chi connectivity index (χ0n) is 16.5. The first-order chi connectivity index (χ1) is 15.0. The molecule has 0 saturated carbocycles. The Labute approximate surface area is 177 Å². The van der Waals surface area contributed by atoms with E-state index in [1.165, 1.54) is 16.8 Å². The van der Waals surface area contributed by atoms with E-state index < -0.39 is 4.92 Å². The molecule has 2 aromatic heterocycles. The van der Waals surface area contributed by atoms with Crippen molar-refractivity contribution in [3.05, 3.63) is 82.4 Å². The Bertz CT molecular complexity index is 1090. The molecule has 0 spiro atoms. The van der Waals surface area contributed by atoms with Gasteiger partial charge >= 0.3 is 0 Å². The fourth-order valence-electron chi connectivity index (χ4n) is 3.48. The van der Waals surface area contributed by atoms with Crippen molar-refractivity contribution in [3.8, 4) is 5.69 Å². The molecule has 0 atom stereocenters. The fourth-order valence-corrected chi connectivity index (χ4v) is 3.48. The van der Waals surface area contributed by atoms with Crippen LogP contribution < -0.4 is 5.32 Å². The van der Waals surface area contributed by atoms with Gasteiger partial charge in [0.2, 0.25) is 0 Å². The fraction of sp³-hybridized carbons (Fsp3) is 0.238. The Morgan fingerprint density at radius 3 is 2.35 bits per heavy atom. The summed E-state index contributed by atoms with van der Waals surface area (Å²) in [5.41, 5.74) is 1.47. The number of nitro groups is 1. The van der Waals surface area contributed by atoms with Crippen molar-refractivity contribution in [3.63, 3.8) is 0 Å². The van der Waals surface area contributed by atoms with Gasteiger partial charge in [0.15, 0.2) is 5.69 Å². The van der Waals surface area contributed by atoms with Gasteiger partial charge in [0.05, 0.1) is 10.6 Å². The highest BCUT2D eigenvalue weighted by atomic mass is 16.6. The molecule has 1 aliphatic rings. The van der Waals surface area contributed by atoms with Gasteiger partial charge in [-0.2, -0.15) is 5.10 Å². The van der Waals surface area contributed by atoms with Crippen LogP contribution in [0.25, 0.3) is 5.69 Å². The summed E-state index contributed by atoms with van der Waals surface area (Å²) in [4.78, 5) is 41.1. The average molecular weight is 420 g/mol. The van der Waals surface area contributed by atoms with Crippen LogP contribution >= 0.6 is 0 Å². The van der Waals surface area contributed by atoms with Crippen molar-refractivity contribution in [2.24, 2.45) is 0 Å². The number of likely N-dealkylation sites (tertiary alicyclic amines) is 1. The molecule has 2 amide bonds. The predicted octanol–water partition coefficient (Wildman–Crippen LogP) is 2.21. The second kappa shape index (κ2) is 8.74. The molecule has 1 aromatic carbocycles. The first kappa shape index (κ1) is 20.2. The third-order valence-corrected chi connectivity index (χ3v) is 5.19. The van der Waals surface area contributed by atoms with E-state index in [4.69, 9.17) is 0 Å². The summed E-state index contributed by atoms with van der Waals surface area (Å²) in [6, 6.07) is 10.9. The minimum atomic E-state index is -0.471. The number of benzene rings is 1. The van der Waals surface area contributed by atoms with Crippen LogP contribution in [0.3, 0.4) is 0 Å². The average Bonchev–Trinajstić information content (AvgIpc) is 3.30. The largest absolute Gasteiger partial charge is 0.348 e. The van der Waals surface area contributed by atoms with Gasteiger partial charge in [-0.05, 0) is 43.2 Å². The van der Waals surface area contributed by atoms with E-state index in [0.717, 1.165) is 0 Å². The lowest BCUT2D eigenvalue weighted by molar-refractivity contribution is -0.384. The summed E-state index contributed by atoms with van der Waals surface area (Å²) in [7, 11) is 0. The van der Waals surface area contributed by atoms with Crippen LogP contribution in [0, 0.1) is 10.1 Å². The van der Waals surface area contributed by atoms with Crippen molar-refractivity contribution in [2.45, 2.75) is 18.9 Å². The Morgan fingerprint density at radius 1 is 1.03 bits per heavy atom. The molecule has 1 aliphatic heterocycles. The summed E-state index contributed by atoms with van der Waals surface area (Å²) in [5, 5.41) is 18.0. The van der Waals surface area contributed by atoms with Gasteiger partial charge in [0, 0.05) is 55.4 Å². The van der Waals surface area contributed by atoms with E-state index in [2.05, 4.69) is 15.4 Å². The zero-order chi connectivity index (χ0) is 21.8. The molecule has 10 heteroatoms. The van der Waals surface area contributed by atoms with E-state index in [0.29, 0.717) is 37.2 Å². The number of pyridine rings is 1. The summed E-state index contributed by atoms with van der Waals surface area (Å²) in [5.74, 6) is -0.325. The molecule has 31 heavy (non-hydrogen) atoms. The molecule has 10 nitrogen and oxygen atoms in total. The van der Waals surface area contributed by atoms with Crippen LogP contribution in [0.15, 0.2) is 61.1 Å². The van der Waals surface area contributed by atoms with Crippen LogP contribution in [0.2, 0.25) is 0 Å². The van der Waals surface area contributed by atoms with Crippen molar-refractivity contribution < 1.29 is 14.5 Å². The van der Waals surface area contributed by atoms with Gasteiger partial charge in [-0.3, -0.25) is 24.7 Å². The number of hydrogen-bond acceptors (Lipinski definition) is 6. The molecule has 3 aromatic rings. The molecule has 1 fully saturated rings. The van der Waals surface area contributed by atoms with Gasteiger partial charge in [0.25, 0.3) is 17.5 Å². The van der Waals surface area contributed by atoms with Crippen LogP contribution in [0.5, 0.6) is 0 Å². The maximum absolute atomic E-state index is 12.6. The smallest absolute Gasteiger partial charge is 0.272 e. The lowest BCUT2D eigenvalue weighted by Crippen LogP contribution is -2.46. The van der Waals surface area contributed by atoms with Crippen molar-refractivity contribution in [2.75, 3.05) is 13.1 Å². The van der Waals surface area contributed by atoms with Gasteiger partial charge in [-0.1, -0.05) is 0 Å². The predicted molar refractivity (Wildman–Crippen MR) is 111 cm³/mol. The van der Waals surface area contributed by atoms with Gasteiger partial charge < -0.3 is 10.2 Å². The standard InChI is InChI=1S/C21H20N6O4/c28-20(19-9-14-26(24-19)17-1-3-18(4-2-17)27(30)31)23-16-7-12-25(13-8-16)21(29)15-5-10-22-11-6-15/h1-6,9-11,14,16H,7-8,12-13H2,(H,23,28). The van der Waals surface area contributed by atoms with E-state index in [9.17, 15) is 19.7 Å². The quantitative estimate of drug-likeness (QED) is 0.499. The number of aromatic nitrogens is 3. The number of rotatable bonds is 5. The zero-order valence-corrected chi connectivity index (χ0v) is 16.5. The van der Waals surface area contributed by atoms with Crippen LogP contribution in [0.1, 0.15) is 33.7 Å². The van der Waals surface area contributed by atoms with Crippen molar-refractivity contribution >= 4 is 17.5 Å². The van der Waals surface area contributed by atoms with Gasteiger partial charge in [0.1, 0.15) is 0 Å². The number of nitrogens with one attached hydrogen (secondary N) is 1. The highest BCUT2D eigenvalue weighted by Gasteiger charge is 2.25. The van der Waals surface area contributed by atoms with Gasteiger partial charge in [-0.25, -0.2) is 4.68 Å². The second-order valence-corrected chi connectivity index (χ2v) is 7.19. The van der Waals surface area contributed by atoms with Crippen molar-refractivity contribution in [1.82, 2.24) is 25.0 Å². The minimum Gasteiger partial charge on any atom is -0.348 e. The molecule has 3 heterocycles.